The van der Waals surface area contributed by atoms with Gasteiger partial charge in [-0.15, -0.1) is 11.3 Å². The molecule has 0 spiro atoms. The van der Waals surface area contributed by atoms with Crippen molar-refractivity contribution in [1.29, 1.82) is 0 Å². The minimum absolute atomic E-state index is 0.0654. The van der Waals surface area contributed by atoms with E-state index in [-0.39, 0.29) is 5.56 Å². The van der Waals surface area contributed by atoms with E-state index in [0.717, 1.165) is 30.9 Å². The second kappa shape index (κ2) is 6.89. The SMILES string of the molecule is Cc1ncc(CN2CCCC2Cn2nc(-n3ccnc3)ccc2=O)s1. The summed E-state index contributed by atoms with van der Waals surface area (Å²) in [6.45, 7) is 4.59. The van der Waals surface area contributed by atoms with Crippen LogP contribution in [0.15, 0.2) is 41.8 Å². The molecule has 25 heavy (non-hydrogen) atoms. The highest BCUT2D eigenvalue weighted by atomic mass is 32.1. The molecule has 0 bridgehead atoms. The van der Waals surface area contributed by atoms with Crippen LogP contribution in [0.1, 0.15) is 22.7 Å². The van der Waals surface area contributed by atoms with Crippen LogP contribution in [0, 0.1) is 6.92 Å². The van der Waals surface area contributed by atoms with E-state index in [4.69, 9.17) is 0 Å². The highest BCUT2D eigenvalue weighted by Gasteiger charge is 2.26. The third-order valence-electron chi connectivity index (χ3n) is 4.53. The molecule has 0 N–H and O–H groups in total. The molecule has 1 atom stereocenters. The fourth-order valence-corrected chi connectivity index (χ4v) is 4.11. The zero-order valence-electron chi connectivity index (χ0n) is 14.1. The summed E-state index contributed by atoms with van der Waals surface area (Å²) >= 11 is 1.74. The Hall–Kier alpha value is -2.32. The number of aromatic nitrogens is 5. The molecule has 0 aliphatic carbocycles. The number of rotatable bonds is 5. The van der Waals surface area contributed by atoms with Gasteiger partial charge in [-0.3, -0.25) is 14.3 Å². The predicted molar refractivity (Wildman–Crippen MR) is 95.9 cm³/mol. The zero-order valence-corrected chi connectivity index (χ0v) is 14.9. The Morgan fingerprint density at radius 1 is 1.36 bits per heavy atom. The van der Waals surface area contributed by atoms with Crippen LogP contribution in [0.4, 0.5) is 0 Å². The van der Waals surface area contributed by atoms with Crippen LogP contribution in [0.3, 0.4) is 0 Å². The van der Waals surface area contributed by atoms with Crippen molar-refractivity contribution in [2.75, 3.05) is 6.54 Å². The predicted octanol–water partition coefficient (Wildman–Crippen LogP) is 1.86. The van der Waals surface area contributed by atoms with Gasteiger partial charge in [0.25, 0.3) is 5.56 Å². The van der Waals surface area contributed by atoms with Crippen molar-refractivity contribution >= 4 is 11.3 Å². The Bertz CT molecular complexity index is 900. The molecule has 4 heterocycles. The Morgan fingerprint density at radius 2 is 2.28 bits per heavy atom. The quantitative estimate of drug-likeness (QED) is 0.698. The minimum Gasteiger partial charge on any atom is -0.293 e. The molecule has 4 rings (SSSR count). The number of likely N-dealkylation sites (tertiary alicyclic amines) is 1. The molecule has 130 valence electrons. The van der Waals surface area contributed by atoms with Gasteiger partial charge >= 0.3 is 0 Å². The number of hydrogen-bond acceptors (Lipinski definition) is 6. The lowest BCUT2D eigenvalue weighted by molar-refractivity contribution is 0.218. The van der Waals surface area contributed by atoms with E-state index < -0.39 is 0 Å². The van der Waals surface area contributed by atoms with E-state index in [1.54, 1.807) is 40.7 Å². The Balaban J connectivity index is 1.52. The largest absolute Gasteiger partial charge is 0.293 e. The fraction of sp³-hybridized carbons (Fsp3) is 0.412. The molecule has 1 aliphatic rings. The molecule has 3 aromatic rings. The van der Waals surface area contributed by atoms with Gasteiger partial charge in [-0.05, 0) is 32.4 Å². The fourth-order valence-electron chi connectivity index (χ4n) is 3.29. The van der Waals surface area contributed by atoms with Crippen molar-refractivity contribution in [2.45, 2.75) is 38.9 Å². The molecule has 7 nitrogen and oxygen atoms in total. The van der Waals surface area contributed by atoms with Crippen LogP contribution in [0.5, 0.6) is 0 Å². The normalized spacial score (nSPS) is 18.0. The zero-order chi connectivity index (χ0) is 17.2. The molecule has 1 unspecified atom stereocenters. The summed E-state index contributed by atoms with van der Waals surface area (Å²) in [6, 6.07) is 3.63. The number of aryl methyl sites for hydroxylation is 1. The topological polar surface area (TPSA) is 68.8 Å². The summed E-state index contributed by atoms with van der Waals surface area (Å²) in [6.07, 6.45) is 9.41. The number of hydrogen-bond donors (Lipinski definition) is 0. The van der Waals surface area contributed by atoms with Crippen molar-refractivity contribution in [3.63, 3.8) is 0 Å². The highest BCUT2D eigenvalue weighted by molar-refractivity contribution is 7.11. The van der Waals surface area contributed by atoms with Gasteiger partial charge in [-0.1, -0.05) is 0 Å². The summed E-state index contributed by atoms with van der Waals surface area (Å²) in [5.41, 5.74) is -0.0654. The summed E-state index contributed by atoms with van der Waals surface area (Å²) in [5, 5.41) is 5.61. The van der Waals surface area contributed by atoms with Gasteiger partial charge in [0.15, 0.2) is 5.82 Å². The van der Waals surface area contributed by atoms with E-state index in [2.05, 4.69) is 20.0 Å². The molecule has 0 amide bonds. The standard InChI is InChI=1S/C17H20N6OS/c1-13-19-9-15(25-13)11-21-7-2-3-14(21)10-23-17(24)5-4-16(20-23)22-8-6-18-12-22/h4-6,8-9,12,14H,2-3,7,10-11H2,1H3. The molecule has 0 aromatic carbocycles. The van der Waals surface area contributed by atoms with E-state index in [1.807, 2.05) is 23.9 Å². The minimum atomic E-state index is -0.0654. The van der Waals surface area contributed by atoms with Crippen LogP contribution < -0.4 is 5.56 Å². The second-order valence-corrected chi connectivity index (χ2v) is 7.61. The van der Waals surface area contributed by atoms with Gasteiger partial charge in [-0.25, -0.2) is 14.6 Å². The van der Waals surface area contributed by atoms with Gasteiger partial charge in [0, 0.05) is 42.1 Å². The van der Waals surface area contributed by atoms with Gasteiger partial charge in [-0.2, -0.15) is 5.10 Å². The van der Waals surface area contributed by atoms with E-state index in [1.165, 1.54) is 4.88 Å². The van der Waals surface area contributed by atoms with Gasteiger partial charge in [0.1, 0.15) is 6.33 Å². The Kier molecular flexibility index (Phi) is 4.46. The summed E-state index contributed by atoms with van der Waals surface area (Å²) < 4.78 is 3.39. The maximum atomic E-state index is 12.2. The van der Waals surface area contributed by atoms with Crippen molar-refractivity contribution in [3.05, 3.63) is 57.3 Å². The van der Waals surface area contributed by atoms with Crippen LogP contribution in [0.25, 0.3) is 5.82 Å². The Labute approximate surface area is 149 Å². The van der Waals surface area contributed by atoms with Gasteiger partial charge in [0.05, 0.1) is 11.6 Å². The first-order valence-electron chi connectivity index (χ1n) is 8.41. The maximum absolute atomic E-state index is 12.2. The number of thiazole rings is 1. The second-order valence-electron chi connectivity index (χ2n) is 6.29. The molecule has 1 fully saturated rings. The number of imidazole rings is 1. The van der Waals surface area contributed by atoms with Crippen molar-refractivity contribution in [1.82, 2.24) is 29.2 Å². The first-order valence-corrected chi connectivity index (χ1v) is 9.22. The van der Waals surface area contributed by atoms with E-state index >= 15 is 0 Å². The van der Waals surface area contributed by atoms with Gasteiger partial charge < -0.3 is 0 Å². The smallest absolute Gasteiger partial charge is 0.266 e. The van der Waals surface area contributed by atoms with Gasteiger partial charge in [0.2, 0.25) is 0 Å². The van der Waals surface area contributed by atoms with Crippen LogP contribution in [0.2, 0.25) is 0 Å². The number of nitrogens with zero attached hydrogens (tertiary/aromatic N) is 6. The molecule has 8 heteroatoms. The average Bonchev–Trinajstić information content (AvgIpc) is 3.33. The molecule has 1 aliphatic heterocycles. The first-order chi connectivity index (χ1) is 12.2. The third-order valence-corrected chi connectivity index (χ3v) is 5.43. The molecule has 0 saturated carbocycles. The monoisotopic (exact) mass is 356 g/mol. The van der Waals surface area contributed by atoms with Crippen LogP contribution in [-0.2, 0) is 13.1 Å². The van der Waals surface area contributed by atoms with E-state index in [0.29, 0.717) is 18.4 Å². The first kappa shape index (κ1) is 16.2. The maximum Gasteiger partial charge on any atom is 0.266 e. The van der Waals surface area contributed by atoms with Crippen molar-refractivity contribution in [3.8, 4) is 5.82 Å². The lowest BCUT2D eigenvalue weighted by Crippen LogP contribution is -2.36. The lowest BCUT2D eigenvalue weighted by Gasteiger charge is -2.24. The highest BCUT2D eigenvalue weighted by Crippen LogP contribution is 2.23. The molecular formula is C17H20N6OS. The third kappa shape index (κ3) is 3.54. The van der Waals surface area contributed by atoms with Crippen LogP contribution in [-0.4, -0.2) is 41.8 Å². The molecule has 1 saturated heterocycles. The summed E-state index contributed by atoms with van der Waals surface area (Å²) in [4.78, 5) is 24.3. The molecular weight excluding hydrogens is 336 g/mol. The summed E-state index contributed by atoms with van der Waals surface area (Å²) in [7, 11) is 0. The Morgan fingerprint density at radius 3 is 3.04 bits per heavy atom. The van der Waals surface area contributed by atoms with Crippen molar-refractivity contribution < 1.29 is 0 Å². The summed E-state index contributed by atoms with van der Waals surface area (Å²) in [5.74, 6) is 0.708. The van der Waals surface area contributed by atoms with E-state index in [9.17, 15) is 4.79 Å². The van der Waals surface area contributed by atoms with Crippen LogP contribution >= 0.6 is 11.3 Å². The average molecular weight is 356 g/mol. The molecule has 3 aromatic heterocycles. The van der Waals surface area contributed by atoms with Crippen molar-refractivity contribution in [2.24, 2.45) is 0 Å². The molecule has 0 radical (unpaired) electrons. The lowest BCUT2D eigenvalue weighted by atomic mass is 10.2.